The number of methoxy groups -OCH3 is 1. The molecule has 0 aromatic carbocycles. The van der Waals surface area contributed by atoms with Gasteiger partial charge in [0, 0.05) is 37.7 Å². The Morgan fingerprint density at radius 2 is 1.59 bits per heavy atom. The summed E-state index contributed by atoms with van der Waals surface area (Å²) in [4.78, 5) is 14.3. The molecule has 0 aromatic heterocycles. The van der Waals surface area contributed by atoms with Crippen LogP contribution < -0.4 is 0 Å². The van der Waals surface area contributed by atoms with Crippen molar-refractivity contribution in [2.24, 2.45) is 23.7 Å². The lowest BCUT2D eigenvalue weighted by molar-refractivity contribution is -0.874. The minimum atomic E-state index is -1.29. The summed E-state index contributed by atoms with van der Waals surface area (Å²) in [6, 6.07) is -0.723. The molecule has 0 saturated carbocycles. The molecule has 3 bridgehead atoms. The van der Waals surface area contributed by atoms with Crippen molar-refractivity contribution in [1.29, 1.82) is 0 Å². The smallest absolute Gasteiger partial charge is 0.311 e. The Bertz CT molecular complexity index is 1250. The first kappa shape index (κ1) is 41.2. The number of fused-ring (bicyclic) bond motifs is 2. The van der Waals surface area contributed by atoms with Gasteiger partial charge in [0.1, 0.15) is 23.9 Å². The van der Waals surface area contributed by atoms with E-state index in [0.717, 1.165) is 0 Å². The zero-order chi connectivity index (χ0) is 38.2. The molecule has 0 radical (unpaired) electrons. The van der Waals surface area contributed by atoms with Gasteiger partial charge in [0.2, 0.25) is 0 Å². The van der Waals surface area contributed by atoms with E-state index in [4.69, 9.17) is 37.9 Å². The number of carbonyl (C=O) groups is 1. The maximum absolute atomic E-state index is 14.3. The second-order valence-electron chi connectivity index (χ2n) is 17.4. The molecule has 5 saturated heterocycles. The van der Waals surface area contributed by atoms with Crippen molar-refractivity contribution in [3.8, 4) is 0 Å². The number of aliphatic hydroxyl groups is 3. The average Bonchev–Trinajstić information content (AvgIpc) is 3.42. The minimum Gasteiger partial charge on any atom is -0.633 e. The van der Waals surface area contributed by atoms with Crippen molar-refractivity contribution in [2.75, 3.05) is 21.2 Å². The minimum absolute atomic E-state index is 0.173. The highest BCUT2D eigenvalue weighted by Gasteiger charge is 2.71. The van der Waals surface area contributed by atoms with Gasteiger partial charge in [0.15, 0.2) is 24.5 Å². The van der Waals surface area contributed by atoms with Crippen LogP contribution in [0.15, 0.2) is 0 Å². The first-order chi connectivity index (χ1) is 23.5. The molecule has 5 fully saturated rings. The summed E-state index contributed by atoms with van der Waals surface area (Å²) in [6.45, 7) is 18.5. The van der Waals surface area contributed by atoms with Crippen molar-refractivity contribution in [2.45, 2.75) is 185 Å². The summed E-state index contributed by atoms with van der Waals surface area (Å²) in [5, 5.41) is 47.6. The van der Waals surface area contributed by atoms with Gasteiger partial charge >= 0.3 is 5.97 Å². The number of hydrogen-bond acceptors (Lipinski definition) is 13. The predicted octanol–water partition coefficient (Wildman–Crippen LogP) is 3.00. The molecule has 14 nitrogen and oxygen atoms in total. The maximum atomic E-state index is 14.3. The van der Waals surface area contributed by atoms with Gasteiger partial charge in [-0.1, -0.05) is 27.7 Å². The Morgan fingerprint density at radius 3 is 2.18 bits per heavy atom. The molecule has 0 aromatic rings. The van der Waals surface area contributed by atoms with Crippen LogP contribution in [0.1, 0.15) is 94.9 Å². The molecule has 5 heterocycles. The van der Waals surface area contributed by atoms with Crippen molar-refractivity contribution in [3.63, 3.8) is 0 Å². The number of hydrogen-bond donors (Lipinski definition) is 3. The Balaban J connectivity index is 1.62. The number of likely N-dealkylation sites (N-methyl/N-ethyl adjacent to an activating group) is 1. The highest BCUT2D eigenvalue weighted by molar-refractivity contribution is 5.73. The number of quaternary nitrogens is 1. The molecule has 5 aliphatic heterocycles. The molecule has 14 heteroatoms. The normalized spacial score (nSPS) is 54.1. The number of hydroxylamine groups is 3. The van der Waals surface area contributed by atoms with E-state index in [2.05, 4.69) is 0 Å². The fourth-order valence-electron chi connectivity index (χ4n) is 9.92. The number of ether oxygens (including phenoxy) is 8. The second kappa shape index (κ2) is 14.2. The summed E-state index contributed by atoms with van der Waals surface area (Å²) in [5.41, 5.74) is -3.40. The summed E-state index contributed by atoms with van der Waals surface area (Å²) < 4.78 is 51.3. The lowest BCUT2D eigenvalue weighted by Crippen LogP contribution is -2.63. The Hall–Kier alpha value is -1.01. The summed E-state index contributed by atoms with van der Waals surface area (Å²) in [7, 11) is 4.51. The van der Waals surface area contributed by atoms with Gasteiger partial charge in [-0.25, -0.2) is 0 Å². The third-order valence-corrected chi connectivity index (χ3v) is 13.1. The third-order valence-electron chi connectivity index (χ3n) is 13.1. The van der Waals surface area contributed by atoms with Gasteiger partial charge in [-0.15, -0.1) is 0 Å². The van der Waals surface area contributed by atoms with E-state index in [1.807, 2.05) is 41.5 Å². The van der Waals surface area contributed by atoms with E-state index in [1.165, 1.54) is 21.2 Å². The van der Waals surface area contributed by atoms with Crippen LogP contribution >= 0.6 is 0 Å². The van der Waals surface area contributed by atoms with Crippen LogP contribution in [0.2, 0.25) is 0 Å². The lowest BCUT2D eigenvalue weighted by Gasteiger charge is -2.51. The summed E-state index contributed by atoms with van der Waals surface area (Å²) in [6.07, 6.45) is -7.65. The van der Waals surface area contributed by atoms with Crippen molar-refractivity contribution >= 4 is 5.97 Å². The van der Waals surface area contributed by atoms with Crippen LogP contribution in [0.25, 0.3) is 0 Å². The van der Waals surface area contributed by atoms with Gasteiger partial charge in [0.25, 0.3) is 0 Å². The number of carbonyl (C=O) groups excluding carboxylic acids is 1. The molecule has 0 aliphatic carbocycles. The number of esters is 1. The summed E-state index contributed by atoms with van der Waals surface area (Å²) >= 11 is 0. The van der Waals surface area contributed by atoms with Crippen LogP contribution in [-0.4, -0.2) is 137 Å². The molecular weight excluding hydrogens is 666 g/mol. The first-order valence-corrected chi connectivity index (χ1v) is 18.8. The second-order valence-corrected chi connectivity index (χ2v) is 17.4. The SMILES string of the molecule is CC[C@H]1OC(=O)[C@H](C)[C@@H](O[C@H]2C[C@@](C)(OC)[C@@H](O)[C@H](C)O2)[C@H](C)[C@@H](O[C@@H]2O[C@H](C)C[C@H]([N+](C)(C)[O-])[C@H]2O)[C@@]2(C)C[C@@H](C)C3(O[C@@]1(C)[C@H](O)[C@H]3C)O2. The highest BCUT2D eigenvalue weighted by atomic mass is 16.8. The molecule has 3 N–H and O–H groups in total. The van der Waals surface area contributed by atoms with E-state index >= 15 is 0 Å². The molecule has 5 aliphatic rings. The zero-order valence-corrected chi connectivity index (χ0v) is 32.9. The van der Waals surface area contributed by atoms with Crippen molar-refractivity contribution in [3.05, 3.63) is 5.21 Å². The van der Waals surface area contributed by atoms with Crippen LogP contribution in [0, 0.1) is 28.9 Å². The van der Waals surface area contributed by atoms with Gasteiger partial charge in [-0.05, 0) is 54.4 Å². The van der Waals surface area contributed by atoms with E-state index < -0.39 is 118 Å². The van der Waals surface area contributed by atoms with Crippen molar-refractivity contribution < 1.29 is 62.7 Å². The monoisotopic (exact) mass is 731 g/mol. The van der Waals surface area contributed by atoms with Gasteiger partial charge in [-0.3, -0.25) is 4.79 Å². The molecule has 1 unspecified atom stereocenters. The molecule has 1 spiro atoms. The first-order valence-electron chi connectivity index (χ1n) is 18.8. The maximum Gasteiger partial charge on any atom is 0.311 e. The Labute approximate surface area is 303 Å². The number of cyclic esters (lactones) is 1. The molecular formula is C37H65NO13. The zero-order valence-electron chi connectivity index (χ0n) is 32.9. The quantitative estimate of drug-likeness (QED) is 0.198. The van der Waals surface area contributed by atoms with Crippen LogP contribution in [0.5, 0.6) is 0 Å². The molecule has 51 heavy (non-hydrogen) atoms. The molecule has 19 atom stereocenters. The topological polar surface area (TPSA) is 175 Å². The average molecular weight is 732 g/mol. The lowest BCUT2D eigenvalue weighted by atomic mass is 9.77. The number of rotatable bonds is 7. The van der Waals surface area contributed by atoms with Gasteiger partial charge < -0.3 is 63.1 Å². The number of nitrogens with zero attached hydrogens (tertiary/aromatic N) is 1. The van der Waals surface area contributed by atoms with E-state index in [-0.39, 0.29) is 12.3 Å². The number of aliphatic hydroxyl groups excluding tert-OH is 3. The van der Waals surface area contributed by atoms with Crippen LogP contribution in [-0.2, 0) is 42.7 Å². The molecule has 0 amide bonds. The fraction of sp³-hybridized carbons (Fsp3) is 0.973. The van der Waals surface area contributed by atoms with E-state index in [9.17, 15) is 25.3 Å². The summed E-state index contributed by atoms with van der Waals surface area (Å²) in [5.74, 6) is -4.12. The third kappa shape index (κ3) is 7.04. The van der Waals surface area contributed by atoms with Gasteiger partial charge in [-0.2, -0.15) is 0 Å². The largest absolute Gasteiger partial charge is 0.633 e. The van der Waals surface area contributed by atoms with Crippen molar-refractivity contribution in [1.82, 2.24) is 0 Å². The Morgan fingerprint density at radius 1 is 0.941 bits per heavy atom. The molecule has 5 rings (SSSR count). The standard InChI is InChI=1S/C37H65NO13/c1-14-25-36(10)29(40)22(6)37(51-36)18(2)16-35(9,50-37)31(49-33-27(39)24(38(11,12)43)15-19(3)45-33)20(4)28(21(5)32(42)47-25)48-26-17-34(8,44-13)30(41)23(7)46-26/h18-31,33,39-41H,14-17H2,1-13H3/t18-,19-,20+,21-,22-,23+,24+,25-,26+,27-,28+,29-,30+,31-,33+,34-,35-,36-,37?/m1/s1. The molecule has 296 valence electrons. The van der Waals surface area contributed by atoms with E-state index in [1.54, 1.807) is 27.7 Å². The van der Waals surface area contributed by atoms with E-state index in [0.29, 0.717) is 19.3 Å². The highest BCUT2D eigenvalue weighted by Crippen LogP contribution is 2.59. The van der Waals surface area contributed by atoms with Crippen LogP contribution in [0.3, 0.4) is 0 Å². The van der Waals surface area contributed by atoms with Crippen LogP contribution in [0.4, 0.5) is 0 Å². The van der Waals surface area contributed by atoms with Gasteiger partial charge in [0.05, 0.1) is 61.7 Å². The Kier molecular flexibility index (Phi) is 11.5. The predicted molar refractivity (Wildman–Crippen MR) is 184 cm³/mol. The fourth-order valence-corrected chi connectivity index (χ4v) is 9.92.